The lowest BCUT2D eigenvalue weighted by atomic mass is 10.1. The fraction of sp³-hybridized carbons (Fsp3) is 0.320. The van der Waals surface area contributed by atoms with Gasteiger partial charge >= 0.3 is 0 Å². The summed E-state index contributed by atoms with van der Waals surface area (Å²) >= 11 is 0. The SMILES string of the molecule is CCCCCCn1ccc2nc3ccn(CCc4ccccc4)c(=O)c3cc2c1=O. The molecule has 30 heavy (non-hydrogen) atoms. The van der Waals surface area contributed by atoms with Crippen LogP contribution in [0.15, 0.2) is 70.5 Å². The quantitative estimate of drug-likeness (QED) is 0.322. The molecule has 0 saturated carbocycles. The second-order valence-electron chi connectivity index (χ2n) is 7.78. The lowest BCUT2D eigenvalue weighted by molar-refractivity contribution is 0.573. The maximum absolute atomic E-state index is 13.0. The highest BCUT2D eigenvalue weighted by atomic mass is 16.1. The first kappa shape index (κ1) is 20.1. The van der Waals surface area contributed by atoms with E-state index in [-0.39, 0.29) is 11.1 Å². The van der Waals surface area contributed by atoms with Crippen LogP contribution < -0.4 is 11.1 Å². The first-order valence-electron chi connectivity index (χ1n) is 10.7. The normalized spacial score (nSPS) is 11.4. The van der Waals surface area contributed by atoms with Gasteiger partial charge < -0.3 is 9.13 Å². The Bertz CT molecular complexity index is 1270. The van der Waals surface area contributed by atoms with E-state index in [1.807, 2.05) is 36.5 Å². The molecule has 0 aliphatic rings. The highest BCUT2D eigenvalue weighted by Crippen LogP contribution is 2.15. The Morgan fingerprint density at radius 2 is 1.40 bits per heavy atom. The standard InChI is InChI=1S/C25H27N3O2/c1-2-3-4-8-14-27-16-12-22-20(24(27)29)18-21-23(26-22)13-17-28(25(21)30)15-11-19-9-6-5-7-10-19/h5-7,9-10,12-13,16-18H,2-4,8,11,14-15H2,1H3. The van der Waals surface area contributed by atoms with Gasteiger partial charge in [0.2, 0.25) is 0 Å². The number of hydrogen-bond donors (Lipinski definition) is 0. The molecule has 5 heteroatoms. The number of pyridine rings is 3. The van der Waals surface area contributed by atoms with Crippen molar-refractivity contribution in [3.8, 4) is 0 Å². The zero-order valence-electron chi connectivity index (χ0n) is 17.4. The molecule has 0 radical (unpaired) electrons. The number of unbranched alkanes of at least 4 members (excludes halogenated alkanes) is 3. The van der Waals surface area contributed by atoms with Crippen LogP contribution in [-0.2, 0) is 19.5 Å². The van der Waals surface area contributed by atoms with Crippen molar-refractivity contribution >= 4 is 21.8 Å². The van der Waals surface area contributed by atoms with Gasteiger partial charge in [-0.1, -0.05) is 56.5 Å². The van der Waals surface area contributed by atoms with E-state index in [0.717, 1.165) is 19.3 Å². The largest absolute Gasteiger partial charge is 0.315 e. The Balaban J connectivity index is 1.67. The van der Waals surface area contributed by atoms with Gasteiger partial charge in [-0.3, -0.25) is 9.59 Å². The van der Waals surface area contributed by atoms with Gasteiger partial charge in [-0.05, 0) is 36.6 Å². The minimum atomic E-state index is -0.101. The predicted molar refractivity (Wildman–Crippen MR) is 122 cm³/mol. The average molecular weight is 402 g/mol. The smallest absolute Gasteiger partial charge is 0.260 e. The Kier molecular flexibility index (Phi) is 6.07. The first-order valence-corrected chi connectivity index (χ1v) is 10.7. The summed E-state index contributed by atoms with van der Waals surface area (Å²) in [7, 11) is 0. The van der Waals surface area contributed by atoms with Crippen LogP contribution >= 0.6 is 0 Å². The number of aromatic nitrogens is 3. The van der Waals surface area contributed by atoms with Crippen molar-refractivity contribution in [3.05, 3.63) is 87.2 Å². The zero-order chi connectivity index (χ0) is 20.9. The average Bonchev–Trinajstić information content (AvgIpc) is 2.78. The molecule has 154 valence electrons. The maximum atomic E-state index is 13.0. The first-order chi connectivity index (χ1) is 14.7. The van der Waals surface area contributed by atoms with Crippen LogP contribution in [0, 0.1) is 0 Å². The van der Waals surface area contributed by atoms with E-state index in [1.54, 1.807) is 21.4 Å². The fourth-order valence-corrected chi connectivity index (χ4v) is 3.86. The van der Waals surface area contributed by atoms with Gasteiger partial charge in [0.25, 0.3) is 11.1 Å². The van der Waals surface area contributed by atoms with Crippen LogP contribution in [0.4, 0.5) is 0 Å². The van der Waals surface area contributed by atoms with E-state index >= 15 is 0 Å². The Hall–Kier alpha value is -3.21. The van der Waals surface area contributed by atoms with E-state index in [9.17, 15) is 9.59 Å². The van der Waals surface area contributed by atoms with Crippen LogP contribution in [0.3, 0.4) is 0 Å². The molecular weight excluding hydrogens is 374 g/mol. The number of hydrogen-bond acceptors (Lipinski definition) is 3. The summed E-state index contributed by atoms with van der Waals surface area (Å²) in [5, 5.41) is 1.01. The maximum Gasteiger partial charge on any atom is 0.260 e. The highest BCUT2D eigenvalue weighted by molar-refractivity contribution is 5.91. The lowest BCUT2D eigenvalue weighted by Gasteiger charge is -2.10. The van der Waals surface area contributed by atoms with E-state index in [2.05, 4.69) is 24.0 Å². The second-order valence-corrected chi connectivity index (χ2v) is 7.78. The topological polar surface area (TPSA) is 56.9 Å². The molecule has 4 aromatic rings. The predicted octanol–water partition coefficient (Wildman–Crippen LogP) is 4.53. The van der Waals surface area contributed by atoms with Crippen LogP contribution in [0.25, 0.3) is 21.8 Å². The third-order valence-corrected chi connectivity index (χ3v) is 5.63. The molecule has 0 spiro atoms. The van der Waals surface area contributed by atoms with Crippen molar-refractivity contribution in [2.75, 3.05) is 0 Å². The van der Waals surface area contributed by atoms with Crippen LogP contribution in [0.2, 0.25) is 0 Å². The Morgan fingerprint density at radius 3 is 2.03 bits per heavy atom. The number of nitrogens with zero attached hydrogens (tertiary/aromatic N) is 3. The molecule has 0 N–H and O–H groups in total. The molecule has 4 rings (SSSR count). The second kappa shape index (κ2) is 9.08. The van der Waals surface area contributed by atoms with Crippen molar-refractivity contribution in [1.82, 2.24) is 14.1 Å². The molecule has 0 fully saturated rings. The van der Waals surface area contributed by atoms with Crippen LogP contribution in [0.5, 0.6) is 0 Å². The summed E-state index contributed by atoms with van der Waals surface area (Å²) < 4.78 is 3.44. The Labute approximate surface area is 175 Å². The molecule has 1 aromatic carbocycles. The van der Waals surface area contributed by atoms with Gasteiger partial charge in [0.1, 0.15) is 0 Å². The summed E-state index contributed by atoms with van der Waals surface area (Å²) in [5.41, 5.74) is 2.28. The van der Waals surface area contributed by atoms with E-state index in [4.69, 9.17) is 0 Å². The van der Waals surface area contributed by atoms with Crippen molar-refractivity contribution in [2.24, 2.45) is 0 Å². The van der Waals surface area contributed by atoms with Gasteiger partial charge in [-0.15, -0.1) is 0 Å². The summed E-state index contributed by atoms with van der Waals surface area (Å²) in [6.45, 7) is 3.46. The van der Waals surface area contributed by atoms with Gasteiger partial charge in [0.15, 0.2) is 0 Å². The number of rotatable bonds is 8. The van der Waals surface area contributed by atoms with Gasteiger partial charge in [0.05, 0.1) is 21.8 Å². The molecule has 0 aliphatic carbocycles. The minimum Gasteiger partial charge on any atom is -0.315 e. The van der Waals surface area contributed by atoms with Gasteiger partial charge in [0, 0.05) is 25.5 Å². The highest BCUT2D eigenvalue weighted by Gasteiger charge is 2.10. The molecule has 0 amide bonds. The molecular formula is C25H27N3O2. The monoisotopic (exact) mass is 401 g/mol. The third kappa shape index (κ3) is 4.20. The molecule has 0 atom stereocenters. The zero-order valence-corrected chi connectivity index (χ0v) is 17.4. The van der Waals surface area contributed by atoms with Crippen LogP contribution in [-0.4, -0.2) is 14.1 Å². The third-order valence-electron chi connectivity index (χ3n) is 5.63. The molecule has 5 nitrogen and oxygen atoms in total. The Morgan fingerprint density at radius 1 is 0.767 bits per heavy atom. The van der Waals surface area contributed by atoms with Crippen molar-refractivity contribution in [3.63, 3.8) is 0 Å². The summed E-state index contributed by atoms with van der Waals surface area (Å²) in [4.78, 5) is 30.6. The molecule has 3 aromatic heterocycles. The molecule has 0 aliphatic heterocycles. The number of fused-ring (bicyclic) bond motifs is 2. The van der Waals surface area contributed by atoms with Gasteiger partial charge in [-0.2, -0.15) is 0 Å². The summed E-state index contributed by atoms with van der Waals surface area (Å²) in [6.07, 6.45) is 8.82. The fourth-order valence-electron chi connectivity index (χ4n) is 3.86. The minimum absolute atomic E-state index is 0.0718. The van der Waals surface area contributed by atoms with Crippen LogP contribution in [0.1, 0.15) is 38.2 Å². The summed E-state index contributed by atoms with van der Waals surface area (Å²) in [6, 6.07) is 15.6. The molecule has 0 saturated heterocycles. The van der Waals surface area contributed by atoms with E-state index in [1.165, 1.54) is 18.4 Å². The molecule has 0 bridgehead atoms. The number of aryl methyl sites for hydroxylation is 3. The lowest BCUT2D eigenvalue weighted by Crippen LogP contribution is -2.23. The molecule has 3 heterocycles. The number of benzene rings is 1. The van der Waals surface area contributed by atoms with E-state index < -0.39 is 0 Å². The van der Waals surface area contributed by atoms with Crippen molar-refractivity contribution < 1.29 is 0 Å². The molecule has 0 unspecified atom stereocenters. The summed E-state index contributed by atoms with van der Waals surface area (Å²) in [5.74, 6) is 0. The van der Waals surface area contributed by atoms with Crippen molar-refractivity contribution in [1.29, 1.82) is 0 Å². The van der Waals surface area contributed by atoms with Gasteiger partial charge in [-0.25, -0.2) is 4.98 Å². The van der Waals surface area contributed by atoms with Crippen molar-refractivity contribution in [2.45, 2.75) is 52.1 Å². The van der Waals surface area contributed by atoms with E-state index in [0.29, 0.717) is 34.9 Å².